The number of nitro groups is 1. The molecule has 0 bridgehead atoms. The molecule has 0 saturated heterocycles. The summed E-state index contributed by atoms with van der Waals surface area (Å²) in [6.45, 7) is 0. The first-order valence-electron chi connectivity index (χ1n) is 6.00. The third-order valence-electron chi connectivity index (χ3n) is 2.85. The van der Waals surface area contributed by atoms with Gasteiger partial charge in [0, 0.05) is 33.7 Å². The lowest BCUT2D eigenvalue weighted by atomic mass is 10.2. The molecule has 4 nitrogen and oxygen atoms in total. The Morgan fingerprint density at radius 2 is 1.62 bits per heavy atom. The summed E-state index contributed by atoms with van der Waals surface area (Å²) in [4.78, 5) is 10.4. The van der Waals surface area contributed by atoms with Crippen LogP contribution in [0.1, 0.15) is 11.1 Å². The van der Waals surface area contributed by atoms with Gasteiger partial charge < -0.3 is 4.74 Å². The van der Waals surface area contributed by atoms with Gasteiger partial charge in [0.15, 0.2) is 0 Å². The Labute approximate surface area is 138 Å². The summed E-state index contributed by atoms with van der Waals surface area (Å²) in [5, 5.41) is 11.4. The van der Waals surface area contributed by atoms with Crippen molar-refractivity contribution in [1.29, 1.82) is 0 Å². The number of hydrogen-bond donors (Lipinski definition) is 2. The standard InChI is InChI=1S/C14H12ClNO3S2/c15-11-3-1-9(7-20)13(5-11)19-14-6-12(16(17)18)4-2-10(14)8-21/h1-6,20-21H,7-8H2. The van der Waals surface area contributed by atoms with Crippen molar-refractivity contribution in [2.75, 3.05) is 0 Å². The van der Waals surface area contributed by atoms with E-state index in [1.165, 1.54) is 12.1 Å². The molecule has 0 spiro atoms. The van der Waals surface area contributed by atoms with Gasteiger partial charge in [0.1, 0.15) is 11.5 Å². The predicted octanol–water partition coefficient (Wildman–Crippen LogP) is 4.90. The fourth-order valence-electron chi connectivity index (χ4n) is 1.75. The zero-order valence-electron chi connectivity index (χ0n) is 10.8. The second-order valence-corrected chi connectivity index (χ2v) is 5.29. The Kier molecular flexibility index (Phi) is 5.39. The van der Waals surface area contributed by atoms with Crippen molar-refractivity contribution in [3.8, 4) is 11.5 Å². The first-order valence-corrected chi connectivity index (χ1v) is 7.64. The van der Waals surface area contributed by atoms with Gasteiger partial charge in [-0.1, -0.05) is 17.7 Å². The lowest BCUT2D eigenvalue weighted by molar-refractivity contribution is -0.384. The molecule has 7 heteroatoms. The molecule has 110 valence electrons. The normalized spacial score (nSPS) is 10.4. The van der Waals surface area contributed by atoms with E-state index in [4.69, 9.17) is 16.3 Å². The van der Waals surface area contributed by atoms with Gasteiger partial charge in [-0.2, -0.15) is 25.3 Å². The van der Waals surface area contributed by atoms with Crippen molar-refractivity contribution in [2.45, 2.75) is 11.5 Å². The van der Waals surface area contributed by atoms with E-state index < -0.39 is 4.92 Å². The van der Waals surface area contributed by atoms with Crippen LogP contribution >= 0.6 is 36.9 Å². The molecule has 0 unspecified atom stereocenters. The third-order valence-corrected chi connectivity index (χ3v) is 3.77. The summed E-state index contributed by atoms with van der Waals surface area (Å²) in [5.74, 6) is 1.80. The minimum Gasteiger partial charge on any atom is -0.456 e. The van der Waals surface area contributed by atoms with Crippen LogP contribution < -0.4 is 4.74 Å². The van der Waals surface area contributed by atoms with Crippen LogP contribution in [0.3, 0.4) is 0 Å². The van der Waals surface area contributed by atoms with Gasteiger partial charge in [0.2, 0.25) is 0 Å². The van der Waals surface area contributed by atoms with Crippen molar-refractivity contribution < 1.29 is 9.66 Å². The number of nitro benzene ring substituents is 1. The largest absolute Gasteiger partial charge is 0.456 e. The molecule has 0 amide bonds. The van der Waals surface area contributed by atoms with Gasteiger partial charge in [0.05, 0.1) is 11.0 Å². The fourth-order valence-corrected chi connectivity index (χ4v) is 2.44. The smallest absolute Gasteiger partial charge is 0.273 e. The Balaban J connectivity index is 2.44. The van der Waals surface area contributed by atoms with Crippen LogP contribution in [0.2, 0.25) is 5.02 Å². The Hall–Kier alpha value is -1.37. The molecule has 0 radical (unpaired) electrons. The quantitative estimate of drug-likeness (QED) is 0.462. The second kappa shape index (κ2) is 7.06. The highest BCUT2D eigenvalue weighted by atomic mass is 35.5. The van der Waals surface area contributed by atoms with E-state index in [-0.39, 0.29) is 5.69 Å². The number of thiol groups is 2. The average molecular weight is 342 g/mol. The highest BCUT2D eigenvalue weighted by Gasteiger charge is 2.13. The molecule has 0 aliphatic heterocycles. The first kappa shape index (κ1) is 16.0. The highest BCUT2D eigenvalue weighted by Crippen LogP contribution is 2.34. The second-order valence-electron chi connectivity index (χ2n) is 4.22. The summed E-state index contributed by atoms with van der Waals surface area (Å²) >= 11 is 14.4. The summed E-state index contributed by atoms with van der Waals surface area (Å²) in [5.41, 5.74) is 1.57. The van der Waals surface area contributed by atoms with Crippen molar-refractivity contribution in [1.82, 2.24) is 0 Å². The van der Waals surface area contributed by atoms with Crippen molar-refractivity contribution >= 4 is 42.5 Å². The molecular formula is C14H12ClNO3S2. The molecule has 2 aromatic carbocycles. The molecule has 0 aliphatic rings. The van der Waals surface area contributed by atoms with Crippen LogP contribution in [0.4, 0.5) is 5.69 Å². The van der Waals surface area contributed by atoms with E-state index in [0.29, 0.717) is 28.0 Å². The van der Waals surface area contributed by atoms with E-state index in [9.17, 15) is 10.1 Å². The number of rotatable bonds is 5. The summed E-state index contributed by atoms with van der Waals surface area (Å²) in [6.07, 6.45) is 0. The van der Waals surface area contributed by atoms with Gasteiger partial charge in [-0.25, -0.2) is 0 Å². The van der Waals surface area contributed by atoms with E-state index in [1.807, 2.05) is 6.07 Å². The summed E-state index contributed by atoms with van der Waals surface area (Å²) in [7, 11) is 0. The lowest BCUT2D eigenvalue weighted by Gasteiger charge is -2.13. The van der Waals surface area contributed by atoms with Crippen LogP contribution in [0.5, 0.6) is 11.5 Å². The number of halogens is 1. The van der Waals surface area contributed by atoms with Crippen LogP contribution in [0, 0.1) is 10.1 Å². The van der Waals surface area contributed by atoms with E-state index in [1.54, 1.807) is 18.2 Å². The third kappa shape index (κ3) is 3.84. The molecular weight excluding hydrogens is 330 g/mol. The van der Waals surface area contributed by atoms with Crippen LogP contribution in [0.15, 0.2) is 36.4 Å². The molecule has 2 rings (SSSR count). The fraction of sp³-hybridized carbons (Fsp3) is 0.143. The zero-order chi connectivity index (χ0) is 15.4. The highest BCUT2D eigenvalue weighted by molar-refractivity contribution is 7.79. The minimum absolute atomic E-state index is 0.0371. The Morgan fingerprint density at radius 1 is 1.05 bits per heavy atom. The van der Waals surface area contributed by atoms with E-state index in [2.05, 4.69) is 25.3 Å². The predicted molar refractivity (Wildman–Crippen MR) is 90.0 cm³/mol. The maximum Gasteiger partial charge on any atom is 0.273 e. The van der Waals surface area contributed by atoms with E-state index >= 15 is 0 Å². The number of ether oxygens (including phenoxy) is 1. The average Bonchev–Trinajstić information content (AvgIpc) is 2.47. The van der Waals surface area contributed by atoms with Crippen molar-refractivity contribution in [3.63, 3.8) is 0 Å². The molecule has 0 aliphatic carbocycles. The molecule has 0 aromatic heterocycles. The Bertz CT molecular complexity index is 679. The molecule has 0 heterocycles. The monoisotopic (exact) mass is 341 g/mol. The molecule has 21 heavy (non-hydrogen) atoms. The number of benzene rings is 2. The number of nitrogens with zero attached hydrogens (tertiary/aromatic N) is 1. The van der Waals surface area contributed by atoms with Crippen LogP contribution in [-0.2, 0) is 11.5 Å². The minimum atomic E-state index is -0.466. The van der Waals surface area contributed by atoms with Gasteiger partial charge in [-0.3, -0.25) is 10.1 Å². The maximum atomic E-state index is 10.9. The lowest BCUT2D eigenvalue weighted by Crippen LogP contribution is -1.95. The zero-order valence-corrected chi connectivity index (χ0v) is 13.4. The molecule has 0 saturated carbocycles. The first-order chi connectivity index (χ1) is 10.0. The molecule has 0 N–H and O–H groups in total. The topological polar surface area (TPSA) is 52.4 Å². The number of hydrogen-bond acceptors (Lipinski definition) is 5. The molecule has 0 fully saturated rings. The van der Waals surface area contributed by atoms with Crippen molar-refractivity contribution in [2.24, 2.45) is 0 Å². The summed E-state index contributed by atoms with van der Waals surface area (Å²) in [6, 6.07) is 9.65. The summed E-state index contributed by atoms with van der Waals surface area (Å²) < 4.78 is 5.81. The van der Waals surface area contributed by atoms with Gasteiger partial charge >= 0.3 is 0 Å². The maximum absolute atomic E-state index is 10.9. The van der Waals surface area contributed by atoms with Crippen molar-refractivity contribution in [3.05, 3.63) is 62.7 Å². The molecule has 0 atom stereocenters. The van der Waals surface area contributed by atoms with Crippen LogP contribution in [-0.4, -0.2) is 4.92 Å². The molecule has 2 aromatic rings. The number of non-ortho nitro benzene ring substituents is 1. The van der Waals surface area contributed by atoms with Crippen LogP contribution in [0.25, 0.3) is 0 Å². The van der Waals surface area contributed by atoms with Gasteiger partial charge in [-0.15, -0.1) is 0 Å². The SMILES string of the molecule is O=[N+]([O-])c1ccc(CS)c(Oc2cc(Cl)ccc2CS)c1. The van der Waals surface area contributed by atoms with Gasteiger partial charge in [0.25, 0.3) is 5.69 Å². The van der Waals surface area contributed by atoms with E-state index in [0.717, 1.165) is 11.1 Å². The van der Waals surface area contributed by atoms with Gasteiger partial charge in [-0.05, 0) is 18.2 Å². The Morgan fingerprint density at radius 3 is 2.19 bits per heavy atom.